The topological polar surface area (TPSA) is 104 Å². The average Bonchev–Trinajstić information content (AvgIpc) is 3.44. The molecule has 6 nitrogen and oxygen atoms in total. The molecule has 0 saturated heterocycles. The Morgan fingerprint density at radius 2 is 1.76 bits per heavy atom. The van der Waals surface area contributed by atoms with Crippen LogP contribution >= 0.6 is 11.6 Å². The van der Waals surface area contributed by atoms with E-state index in [-0.39, 0.29) is 35.1 Å². The van der Waals surface area contributed by atoms with Gasteiger partial charge in [0.2, 0.25) is 0 Å². The fraction of sp³-hybridized carbons (Fsp3) is 0.226. The molecule has 212 valence electrons. The second kappa shape index (κ2) is 13.0. The number of halogens is 4. The van der Waals surface area contributed by atoms with Gasteiger partial charge in [0.15, 0.2) is 0 Å². The smallest absolute Gasteiger partial charge is 0.416 e. The molecular formula is C31H28ClF3N4O2. The summed E-state index contributed by atoms with van der Waals surface area (Å²) >= 11 is 6.36. The standard InChI is InChI=1S/C31H28ClF3N4O2/c1-19(22-6-9-24(10-7-22)31(33,34)35)38-18-26-11-13-29(41-26)23-8-12-28(32)27(15-23)30(40)39-25(17-37)14-20-2-4-21(16-36)5-3-20/h2-13,15,19,25,38H,14,17-18,37H2,1H3,(H,39,40)/t19-,25-/m1/s1. The molecule has 4 N–H and O–H groups in total. The van der Waals surface area contributed by atoms with Crippen LogP contribution in [0.2, 0.25) is 5.02 Å². The number of amides is 1. The summed E-state index contributed by atoms with van der Waals surface area (Å²) in [5.74, 6) is 0.771. The molecule has 0 aliphatic carbocycles. The predicted octanol–water partition coefficient (Wildman–Crippen LogP) is 6.64. The molecule has 3 aromatic carbocycles. The molecule has 4 rings (SSSR count). The highest BCUT2D eigenvalue weighted by Crippen LogP contribution is 2.30. The van der Waals surface area contributed by atoms with Crippen molar-refractivity contribution < 1.29 is 22.4 Å². The molecule has 0 aliphatic rings. The molecule has 1 heterocycles. The second-order valence-corrected chi connectivity index (χ2v) is 10.0. The van der Waals surface area contributed by atoms with Gasteiger partial charge in [-0.05, 0) is 79.1 Å². The first kappa shape index (κ1) is 29.9. The minimum Gasteiger partial charge on any atom is -0.460 e. The van der Waals surface area contributed by atoms with Crippen LogP contribution in [-0.4, -0.2) is 18.5 Å². The van der Waals surface area contributed by atoms with Crippen molar-refractivity contribution in [2.24, 2.45) is 5.73 Å². The molecule has 41 heavy (non-hydrogen) atoms. The lowest BCUT2D eigenvalue weighted by atomic mass is 10.0. The highest BCUT2D eigenvalue weighted by molar-refractivity contribution is 6.34. The van der Waals surface area contributed by atoms with Crippen LogP contribution in [0, 0.1) is 11.3 Å². The lowest BCUT2D eigenvalue weighted by Crippen LogP contribution is -2.41. The monoisotopic (exact) mass is 580 g/mol. The Morgan fingerprint density at radius 3 is 2.39 bits per heavy atom. The molecule has 0 bridgehead atoms. The van der Waals surface area contributed by atoms with Crippen molar-refractivity contribution in [3.63, 3.8) is 0 Å². The van der Waals surface area contributed by atoms with Crippen molar-refractivity contribution in [2.75, 3.05) is 6.54 Å². The van der Waals surface area contributed by atoms with E-state index < -0.39 is 11.7 Å². The molecule has 0 fully saturated rings. The van der Waals surface area contributed by atoms with E-state index in [0.717, 1.165) is 17.7 Å². The van der Waals surface area contributed by atoms with Gasteiger partial charge in [-0.15, -0.1) is 0 Å². The first-order valence-electron chi connectivity index (χ1n) is 12.9. The van der Waals surface area contributed by atoms with Crippen LogP contribution in [-0.2, 0) is 19.1 Å². The number of benzene rings is 3. The molecular weight excluding hydrogens is 553 g/mol. The van der Waals surface area contributed by atoms with Crippen molar-refractivity contribution in [1.29, 1.82) is 5.26 Å². The Morgan fingerprint density at radius 1 is 1.05 bits per heavy atom. The van der Waals surface area contributed by atoms with Gasteiger partial charge in [0, 0.05) is 24.2 Å². The Hall–Kier alpha value is -4.10. The Bertz CT molecular complexity index is 1530. The highest BCUT2D eigenvalue weighted by atomic mass is 35.5. The summed E-state index contributed by atoms with van der Waals surface area (Å²) in [5.41, 5.74) is 8.35. The number of rotatable bonds is 10. The normalized spacial score (nSPS) is 12.9. The second-order valence-electron chi connectivity index (χ2n) is 9.60. The number of nitrogens with zero attached hydrogens (tertiary/aromatic N) is 1. The van der Waals surface area contributed by atoms with Crippen molar-refractivity contribution in [3.8, 4) is 17.4 Å². The lowest BCUT2D eigenvalue weighted by molar-refractivity contribution is -0.137. The van der Waals surface area contributed by atoms with Crippen LogP contribution in [0.4, 0.5) is 13.2 Å². The maximum atomic E-state index is 13.1. The van der Waals surface area contributed by atoms with Gasteiger partial charge in [-0.3, -0.25) is 4.79 Å². The third-order valence-corrected chi connectivity index (χ3v) is 6.99. The summed E-state index contributed by atoms with van der Waals surface area (Å²) in [6.45, 7) is 2.41. The van der Waals surface area contributed by atoms with E-state index in [9.17, 15) is 18.0 Å². The van der Waals surface area contributed by atoms with E-state index in [1.165, 1.54) is 12.1 Å². The van der Waals surface area contributed by atoms with Crippen molar-refractivity contribution >= 4 is 17.5 Å². The van der Waals surface area contributed by atoms with E-state index in [4.69, 9.17) is 27.0 Å². The molecule has 1 aromatic heterocycles. The van der Waals surface area contributed by atoms with Gasteiger partial charge >= 0.3 is 6.18 Å². The Labute approximate surface area is 240 Å². The predicted molar refractivity (Wildman–Crippen MR) is 151 cm³/mol. The maximum Gasteiger partial charge on any atom is 0.416 e. The van der Waals surface area contributed by atoms with Gasteiger partial charge in [0.1, 0.15) is 11.5 Å². The van der Waals surface area contributed by atoms with Crippen molar-refractivity contribution in [3.05, 3.63) is 117 Å². The number of furan rings is 1. The summed E-state index contributed by atoms with van der Waals surface area (Å²) in [4.78, 5) is 13.1. The first-order chi connectivity index (χ1) is 19.6. The van der Waals surface area contributed by atoms with Gasteiger partial charge in [0.05, 0.1) is 34.3 Å². The average molecular weight is 581 g/mol. The maximum absolute atomic E-state index is 13.1. The minimum atomic E-state index is -4.37. The molecule has 0 aliphatic heterocycles. The number of hydrogen-bond donors (Lipinski definition) is 3. The number of alkyl halides is 3. The largest absolute Gasteiger partial charge is 0.460 e. The van der Waals surface area contributed by atoms with E-state index in [1.54, 1.807) is 42.5 Å². The molecule has 10 heteroatoms. The van der Waals surface area contributed by atoms with Crippen LogP contribution in [0.25, 0.3) is 11.3 Å². The molecule has 0 spiro atoms. The first-order valence-corrected chi connectivity index (χ1v) is 13.2. The fourth-order valence-corrected chi connectivity index (χ4v) is 4.47. The van der Waals surface area contributed by atoms with E-state index in [0.29, 0.717) is 41.2 Å². The van der Waals surface area contributed by atoms with E-state index in [1.807, 2.05) is 19.1 Å². The van der Waals surface area contributed by atoms with Gasteiger partial charge in [-0.2, -0.15) is 18.4 Å². The fourth-order valence-electron chi connectivity index (χ4n) is 4.27. The Kier molecular flexibility index (Phi) is 9.50. The summed E-state index contributed by atoms with van der Waals surface area (Å²) in [6, 6.07) is 22.2. The molecule has 0 radical (unpaired) electrons. The minimum absolute atomic E-state index is 0.211. The zero-order valence-electron chi connectivity index (χ0n) is 22.1. The zero-order valence-corrected chi connectivity index (χ0v) is 22.9. The van der Waals surface area contributed by atoms with Crippen LogP contribution in [0.1, 0.15) is 51.3 Å². The number of nitrogens with two attached hydrogens (primary N) is 1. The van der Waals surface area contributed by atoms with Crippen LogP contribution in [0.15, 0.2) is 83.3 Å². The lowest BCUT2D eigenvalue weighted by Gasteiger charge is -2.18. The number of hydrogen-bond acceptors (Lipinski definition) is 5. The summed E-state index contributed by atoms with van der Waals surface area (Å²) < 4.78 is 44.4. The molecule has 4 aromatic rings. The quantitative estimate of drug-likeness (QED) is 0.195. The summed E-state index contributed by atoms with van der Waals surface area (Å²) in [5, 5.41) is 15.4. The van der Waals surface area contributed by atoms with Gasteiger partial charge in [-0.1, -0.05) is 35.9 Å². The van der Waals surface area contributed by atoms with Crippen molar-refractivity contribution in [1.82, 2.24) is 10.6 Å². The number of nitriles is 1. The highest BCUT2D eigenvalue weighted by Gasteiger charge is 2.30. The van der Waals surface area contributed by atoms with Crippen LogP contribution < -0.4 is 16.4 Å². The molecule has 2 atom stereocenters. The van der Waals surface area contributed by atoms with Crippen LogP contribution in [0.3, 0.4) is 0 Å². The number of carbonyl (C=O) groups is 1. The van der Waals surface area contributed by atoms with Gasteiger partial charge in [0.25, 0.3) is 5.91 Å². The zero-order chi connectivity index (χ0) is 29.6. The number of carbonyl (C=O) groups excluding carboxylic acids is 1. The third-order valence-electron chi connectivity index (χ3n) is 6.66. The van der Waals surface area contributed by atoms with Crippen LogP contribution in [0.5, 0.6) is 0 Å². The van der Waals surface area contributed by atoms with Gasteiger partial charge in [-0.25, -0.2) is 0 Å². The van der Waals surface area contributed by atoms with E-state index >= 15 is 0 Å². The molecule has 1 amide bonds. The van der Waals surface area contributed by atoms with Crippen molar-refractivity contribution in [2.45, 2.75) is 38.1 Å². The van der Waals surface area contributed by atoms with E-state index in [2.05, 4.69) is 16.7 Å². The molecule has 0 unspecified atom stereocenters. The third kappa shape index (κ3) is 7.76. The summed E-state index contributed by atoms with van der Waals surface area (Å²) in [6.07, 6.45) is -3.88. The van der Waals surface area contributed by atoms with Gasteiger partial charge < -0.3 is 20.8 Å². The summed E-state index contributed by atoms with van der Waals surface area (Å²) in [7, 11) is 0. The Balaban J connectivity index is 1.39. The SMILES string of the molecule is C[C@@H](NCc1ccc(-c2ccc(Cl)c(C(=O)N[C@@H](CN)Cc3ccc(C#N)cc3)c2)o1)c1ccc(C(F)(F)F)cc1. The number of nitrogens with one attached hydrogen (secondary N) is 2. The molecule has 0 saturated carbocycles.